The first kappa shape index (κ1) is 23.3. The molecule has 0 bridgehead atoms. The summed E-state index contributed by atoms with van der Waals surface area (Å²) in [5.74, 6) is 1.85. The van der Waals surface area contributed by atoms with Crippen molar-refractivity contribution >= 4 is 41.3 Å². The molecule has 30 heavy (non-hydrogen) atoms. The summed E-state index contributed by atoms with van der Waals surface area (Å²) in [6.07, 6.45) is 1.08. The molecule has 3 heterocycles. The molecule has 4 rings (SSSR count). The molecule has 2 atom stereocenters. The average molecular weight is 542 g/mol. The van der Waals surface area contributed by atoms with Gasteiger partial charge in [-0.05, 0) is 30.0 Å². The molecule has 2 aliphatic rings. The van der Waals surface area contributed by atoms with E-state index in [2.05, 4.69) is 52.1 Å². The highest BCUT2D eigenvalue weighted by Gasteiger charge is 2.24. The first-order valence-corrected chi connectivity index (χ1v) is 11.3. The number of morpholine rings is 1. The molecular weight excluding hydrogens is 511 g/mol. The first-order chi connectivity index (χ1) is 14.3. The van der Waals surface area contributed by atoms with Crippen LogP contribution in [-0.4, -0.2) is 62.9 Å². The fraction of sp³-hybridized carbons (Fsp3) is 0.500. The summed E-state index contributed by atoms with van der Waals surface area (Å²) in [6, 6.07) is 12.9. The summed E-state index contributed by atoms with van der Waals surface area (Å²) >= 11 is 1.80. The van der Waals surface area contributed by atoms with Crippen LogP contribution in [0.15, 0.2) is 46.8 Å². The van der Waals surface area contributed by atoms with Gasteiger partial charge in [-0.1, -0.05) is 24.3 Å². The van der Waals surface area contributed by atoms with Crippen molar-refractivity contribution < 1.29 is 9.47 Å². The molecule has 2 N–H and O–H groups in total. The molecule has 0 saturated carbocycles. The second kappa shape index (κ2) is 11.9. The van der Waals surface area contributed by atoms with Crippen molar-refractivity contribution in [3.8, 4) is 5.75 Å². The van der Waals surface area contributed by atoms with Crippen LogP contribution in [0, 0.1) is 0 Å². The van der Waals surface area contributed by atoms with Crippen LogP contribution in [0.5, 0.6) is 5.75 Å². The Morgan fingerprint density at radius 3 is 2.77 bits per heavy atom. The largest absolute Gasteiger partial charge is 0.488 e. The molecule has 0 radical (unpaired) electrons. The van der Waals surface area contributed by atoms with Crippen molar-refractivity contribution in [2.45, 2.75) is 25.5 Å². The number of halogens is 1. The summed E-state index contributed by atoms with van der Waals surface area (Å²) in [7, 11) is 0. The van der Waals surface area contributed by atoms with Gasteiger partial charge in [-0.3, -0.25) is 9.89 Å². The van der Waals surface area contributed by atoms with Crippen LogP contribution < -0.4 is 15.4 Å². The van der Waals surface area contributed by atoms with Gasteiger partial charge in [0.15, 0.2) is 5.96 Å². The van der Waals surface area contributed by atoms with Crippen LogP contribution in [-0.2, 0) is 11.2 Å². The molecule has 0 aliphatic carbocycles. The number of hydrogen-bond acceptors (Lipinski definition) is 5. The molecule has 164 valence electrons. The Hall–Kier alpha value is -1.36. The van der Waals surface area contributed by atoms with Crippen molar-refractivity contribution in [1.82, 2.24) is 15.5 Å². The van der Waals surface area contributed by atoms with E-state index in [1.807, 2.05) is 12.1 Å². The lowest BCUT2D eigenvalue weighted by atomic mass is 10.1. The topological polar surface area (TPSA) is 58.1 Å². The molecule has 2 aliphatic heterocycles. The number of benzene rings is 1. The zero-order chi connectivity index (χ0) is 19.9. The fourth-order valence-corrected chi connectivity index (χ4v) is 4.71. The minimum absolute atomic E-state index is 0. The Bertz CT molecular complexity index is 771. The molecule has 8 heteroatoms. The number of rotatable bonds is 7. The molecule has 2 aromatic rings. The number of nitrogens with one attached hydrogen (secondary N) is 2. The zero-order valence-corrected chi connectivity index (χ0v) is 20.5. The number of para-hydroxylation sites is 1. The highest BCUT2D eigenvalue weighted by molar-refractivity contribution is 14.0. The number of guanidine groups is 1. The third-order valence-electron chi connectivity index (χ3n) is 5.34. The van der Waals surface area contributed by atoms with E-state index >= 15 is 0 Å². The van der Waals surface area contributed by atoms with Gasteiger partial charge in [-0.15, -0.1) is 35.3 Å². The molecule has 0 spiro atoms. The summed E-state index contributed by atoms with van der Waals surface area (Å²) in [4.78, 5) is 8.77. The van der Waals surface area contributed by atoms with Gasteiger partial charge in [0.1, 0.15) is 11.9 Å². The van der Waals surface area contributed by atoms with E-state index in [0.29, 0.717) is 6.04 Å². The minimum atomic E-state index is 0. The van der Waals surface area contributed by atoms with Gasteiger partial charge in [0.25, 0.3) is 0 Å². The van der Waals surface area contributed by atoms with E-state index in [1.54, 1.807) is 11.3 Å². The maximum atomic E-state index is 6.05. The predicted octanol–water partition coefficient (Wildman–Crippen LogP) is 3.30. The van der Waals surface area contributed by atoms with E-state index in [4.69, 9.17) is 14.5 Å². The summed E-state index contributed by atoms with van der Waals surface area (Å²) in [6.45, 7) is 7.89. The lowest BCUT2D eigenvalue weighted by molar-refractivity contribution is 0.0186. The number of thiophene rings is 1. The zero-order valence-electron chi connectivity index (χ0n) is 17.4. The highest BCUT2D eigenvalue weighted by atomic mass is 127. The van der Waals surface area contributed by atoms with Crippen molar-refractivity contribution in [3.05, 3.63) is 52.2 Å². The van der Waals surface area contributed by atoms with E-state index in [1.165, 1.54) is 10.4 Å². The Morgan fingerprint density at radius 1 is 1.20 bits per heavy atom. The summed E-state index contributed by atoms with van der Waals surface area (Å²) in [5.41, 5.74) is 1.28. The van der Waals surface area contributed by atoms with Crippen LogP contribution >= 0.6 is 35.3 Å². The third-order valence-corrected chi connectivity index (χ3v) is 6.31. The summed E-state index contributed by atoms with van der Waals surface area (Å²) in [5, 5.41) is 8.99. The van der Waals surface area contributed by atoms with Crippen molar-refractivity contribution in [1.29, 1.82) is 0 Å². The van der Waals surface area contributed by atoms with Gasteiger partial charge < -0.3 is 20.1 Å². The van der Waals surface area contributed by atoms with Crippen LogP contribution in [0.25, 0.3) is 0 Å². The van der Waals surface area contributed by atoms with Crippen LogP contribution in [0.2, 0.25) is 0 Å². The Kier molecular flexibility index (Phi) is 9.23. The maximum Gasteiger partial charge on any atom is 0.191 e. The number of nitrogens with zero attached hydrogens (tertiary/aromatic N) is 2. The number of ether oxygens (including phenoxy) is 2. The van der Waals surface area contributed by atoms with Gasteiger partial charge in [0.2, 0.25) is 0 Å². The Balaban J connectivity index is 0.00000256. The van der Waals surface area contributed by atoms with Gasteiger partial charge in [-0.2, -0.15) is 0 Å². The summed E-state index contributed by atoms with van der Waals surface area (Å²) < 4.78 is 11.6. The lowest BCUT2D eigenvalue weighted by Crippen LogP contribution is -2.43. The molecule has 1 aromatic heterocycles. The monoisotopic (exact) mass is 542 g/mol. The van der Waals surface area contributed by atoms with E-state index in [9.17, 15) is 0 Å². The second-order valence-electron chi connectivity index (χ2n) is 7.33. The average Bonchev–Trinajstić information content (AvgIpc) is 3.42. The standard InChI is InChI=1S/C22H30N4O2S.HI/c1-2-23-22(24-15-18-14-17-6-3-4-7-20(17)28-18)25-16-19(21-8-5-13-29-21)26-9-11-27-12-10-26;/h3-8,13,18-19H,2,9-12,14-16H2,1H3,(H2,23,24,25);1H. The van der Waals surface area contributed by atoms with Crippen molar-refractivity contribution in [2.24, 2.45) is 4.99 Å². The van der Waals surface area contributed by atoms with Gasteiger partial charge >= 0.3 is 0 Å². The molecule has 1 aromatic carbocycles. The smallest absolute Gasteiger partial charge is 0.191 e. The van der Waals surface area contributed by atoms with Crippen molar-refractivity contribution in [2.75, 3.05) is 45.9 Å². The predicted molar refractivity (Wildman–Crippen MR) is 133 cm³/mol. The Labute approximate surface area is 200 Å². The Morgan fingerprint density at radius 2 is 2.03 bits per heavy atom. The number of hydrogen-bond donors (Lipinski definition) is 2. The van der Waals surface area contributed by atoms with Gasteiger partial charge in [0, 0.05) is 30.9 Å². The molecule has 0 amide bonds. The molecule has 1 fully saturated rings. The second-order valence-corrected chi connectivity index (χ2v) is 8.31. The van der Waals surface area contributed by atoms with Crippen molar-refractivity contribution in [3.63, 3.8) is 0 Å². The van der Waals surface area contributed by atoms with Crippen LogP contribution in [0.3, 0.4) is 0 Å². The normalized spacial score (nSPS) is 20.0. The first-order valence-electron chi connectivity index (χ1n) is 10.5. The molecule has 2 unspecified atom stereocenters. The highest BCUT2D eigenvalue weighted by Crippen LogP contribution is 2.28. The minimum Gasteiger partial charge on any atom is -0.488 e. The SMILES string of the molecule is CCNC(=NCC(c1cccs1)N1CCOCC1)NCC1Cc2ccccc2O1.I. The molecule has 6 nitrogen and oxygen atoms in total. The lowest BCUT2D eigenvalue weighted by Gasteiger charge is -2.33. The quantitative estimate of drug-likeness (QED) is 0.320. The number of fused-ring (bicyclic) bond motifs is 1. The molecular formula is C22H31IN4O2S. The van der Waals surface area contributed by atoms with E-state index < -0.39 is 0 Å². The third kappa shape index (κ3) is 6.09. The fourth-order valence-electron chi connectivity index (χ4n) is 3.85. The number of aliphatic imine (C=N–C) groups is 1. The van der Waals surface area contributed by atoms with Gasteiger partial charge in [-0.25, -0.2) is 0 Å². The van der Waals surface area contributed by atoms with Gasteiger partial charge in [0.05, 0.1) is 32.3 Å². The maximum absolute atomic E-state index is 6.05. The van der Waals surface area contributed by atoms with E-state index in [0.717, 1.165) is 64.1 Å². The van der Waals surface area contributed by atoms with E-state index in [-0.39, 0.29) is 30.1 Å². The molecule has 1 saturated heterocycles. The van der Waals surface area contributed by atoms with Crippen LogP contribution in [0.4, 0.5) is 0 Å². The van der Waals surface area contributed by atoms with Crippen LogP contribution in [0.1, 0.15) is 23.4 Å².